The molecule has 2 saturated heterocycles. The van der Waals surface area contributed by atoms with Gasteiger partial charge >= 0.3 is 0 Å². The van der Waals surface area contributed by atoms with E-state index in [9.17, 15) is 0 Å². The lowest BCUT2D eigenvalue weighted by molar-refractivity contribution is -0.169. The highest BCUT2D eigenvalue weighted by Gasteiger charge is 2.39. The van der Waals surface area contributed by atoms with Crippen molar-refractivity contribution >= 4 is 5.69 Å². The average Bonchev–Trinajstić information content (AvgIpc) is 2.88. The number of hydrogen-bond donors (Lipinski definition) is 0. The molecule has 0 N–H and O–H groups in total. The third-order valence-corrected chi connectivity index (χ3v) is 3.68. The maximum absolute atomic E-state index is 8.92. The lowest BCUT2D eigenvalue weighted by Gasteiger charge is -2.38. The minimum absolute atomic E-state index is 0.330. The van der Waals surface area contributed by atoms with Gasteiger partial charge in [0.25, 0.3) is 0 Å². The van der Waals surface area contributed by atoms with Gasteiger partial charge in [-0.05, 0) is 18.2 Å². The zero-order valence-electron chi connectivity index (χ0n) is 10.3. The fourth-order valence-electron chi connectivity index (χ4n) is 2.66. The summed E-state index contributed by atoms with van der Waals surface area (Å²) in [5.74, 6) is -0.330. The number of benzene rings is 1. The molecule has 0 amide bonds. The lowest BCUT2D eigenvalue weighted by Crippen LogP contribution is -2.45. The summed E-state index contributed by atoms with van der Waals surface area (Å²) in [5.41, 5.74) is 1.82. The quantitative estimate of drug-likeness (QED) is 0.757. The summed E-state index contributed by atoms with van der Waals surface area (Å²) < 4.78 is 11.4. The predicted molar refractivity (Wildman–Crippen MR) is 67.2 cm³/mol. The topological polar surface area (TPSA) is 45.5 Å². The van der Waals surface area contributed by atoms with Crippen LogP contribution in [0.5, 0.6) is 0 Å². The standard InChI is InChI=1S/C14H16N2O2/c15-11-12-2-1-3-13(10-12)16-6-4-14(5-7-16)17-8-9-18-14/h1-3,10H,4-9H2. The van der Waals surface area contributed by atoms with E-state index in [0.29, 0.717) is 18.8 Å². The van der Waals surface area contributed by atoms with Crippen LogP contribution in [-0.4, -0.2) is 32.1 Å². The highest BCUT2D eigenvalue weighted by molar-refractivity contribution is 5.51. The number of rotatable bonds is 1. The van der Waals surface area contributed by atoms with E-state index < -0.39 is 0 Å². The highest BCUT2D eigenvalue weighted by Crippen LogP contribution is 2.33. The van der Waals surface area contributed by atoms with Gasteiger partial charge in [0, 0.05) is 31.6 Å². The molecule has 0 aromatic heterocycles. The van der Waals surface area contributed by atoms with E-state index in [0.717, 1.165) is 31.6 Å². The molecule has 0 bridgehead atoms. The number of hydrogen-bond acceptors (Lipinski definition) is 4. The summed E-state index contributed by atoms with van der Waals surface area (Å²) in [5, 5.41) is 8.92. The largest absolute Gasteiger partial charge is 0.371 e. The number of nitrogens with zero attached hydrogens (tertiary/aromatic N) is 2. The number of nitriles is 1. The van der Waals surface area contributed by atoms with Gasteiger partial charge in [-0.15, -0.1) is 0 Å². The van der Waals surface area contributed by atoms with Crippen molar-refractivity contribution in [2.24, 2.45) is 0 Å². The third-order valence-electron chi connectivity index (χ3n) is 3.68. The molecule has 2 heterocycles. The van der Waals surface area contributed by atoms with Crippen LogP contribution in [0.3, 0.4) is 0 Å². The lowest BCUT2D eigenvalue weighted by atomic mass is 10.0. The van der Waals surface area contributed by atoms with Crippen molar-refractivity contribution in [2.45, 2.75) is 18.6 Å². The Morgan fingerprint density at radius 1 is 1.17 bits per heavy atom. The Labute approximate surface area is 107 Å². The average molecular weight is 244 g/mol. The first-order chi connectivity index (χ1) is 8.81. The van der Waals surface area contributed by atoms with Crippen molar-refractivity contribution in [2.75, 3.05) is 31.2 Å². The maximum Gasteiger partial charge on any atom is 0.171 e. The minimum Gasteiger partial charge on any atom is -0.371 e. The molecule has 2 aliphatic heterocycles. The predicted octanol–water partition coefficient (Wildman–Crippen LogP) is 1.90. The smallest absolute Gasteiger partial charge is 0.171 e. The van der Waals surface area contributed by atoms with Gasteiger partial charge in [0.15, 0.2) is 5.79 Å². The first-order valence-electron chi connectivity index (χ1n) is 6.34. The molecule has 0 unspecified atom stereocenters. The molecule has 0 atom stereocenters. The first-order valence-corrected chi connectivity index (χ1v) is 6.34. The molecule has 2 fully saturated rings. The van der Waals surface area contributed by atoms with E-state index >= 15 is 0 Å². The molecular formula is C14H16N2O2. The second-order valence-electron chi connectivity index (χ2n) is 4.76. The monoisotopic (exact) mass is 244 g/mol. The normalized spacial score (nSPS) is 22.1. The van der Waals surface area contributed by atoms with Crippen molar-refractivity contribution in [3.05, 3.63) is 29.8 Å². The van der Waals surface area contributed by atoms with Crippen molar-refractivity contribution in [1.29, 1.82) is 5.26 Å². The van der Waals surface area contributed by atoms with E-state index in [1.165, 1.54) is 0 Å². The van der Waals surface area contributed by atoms with E-state index in [2.05, 4.69) is 17.0 Å². The van der Waals surface area contributed by atoms with E-state index in [1.54, 1.807) is 0 Å². The minimum atomic E-state index is -0.330. The van der Waals surface area contributed by atoms with Crippen molar-refractivity contribution in [3.63, 3.8) is 0 Å². The van der Waals surface area contributed by atoms with Crippen molar-refractivity contribution in [1.82, 2.24) is 0 Å². The summed E-state index contributed by atoms with van der Waals surface area (Å²) in [6.07, 6.45) is 1.79. The second-order valence-corrected chi connectivity index (χ2v) is 4.76. The zero-order chi connectivity index (χ0) is 12.4. The number of ether oxygens (including phenoxy) is 2. The number of piperidine rings is 1. The van der Waals surface area contributed by atoms with Gasteiger partial charge < -0.3 is 14.4 Å². The second kappa shape index (κ2) is 4.60. The Morgan fingerprint density at radius 2 is 1.89 bits per heavy atom. The SMILES string of the molecule is N#Cc1cccc(N2CCC3(CC2)OCCO3)c1. The van der Waals surface area contributed by atoms with E-state index in [1.807, 2.05) is 18.2 Å². The van der Waals surface area contributed by atoms with E-state index in [-0.39, 0.29) is 5.79 Å². The van der Waals surface area contributed by atoms with Crippen molar-refractivity contribution in [3.8, 4) is 6.07 Å². The van der Waals surface area contributed by atoms with Crippen molar-refractivity contribution < 1.29 is 9.47 Å². The molecule has 2 aliphatic rings. The molecule has 1 aromatic rings. The Balaban J connectivity index is 1.70. The molecule has 1 spiro atoms. The highest BCUT2D eigenvalue weighted by atomic mass is 16.7. The van der Waals surface area contributed by atoms with Crippen LogP contribution in [0, 0.1) is 11.3 Å². The fraction of sp³-hybridized carbons (Fsp3) is 0.500. The van der Waals surface area contributed by atoms with Gasteiger partial charge in [-0.3, -0.25) is 0 Å². The number of anilines is 1. The van der Waals surface area contributed by atoms with Crippen LogP contribution in [0.1, 0.15) is 18.4 Å². The Kier molecular flexibility index (Phi) is 2.94. The van der Waals surface area contributed by atoms with Gasteiger partial charge in [0.1, 0.15) is 0 Å². The Morgan fingerprint density at radius 3 is 2.56 bits per heavy atom. The molecule has 94 valence electrons. The van der Waals surface area contributed by atoms with Gasteiger partial charge in [-0.2, -0.15) is 5.26 Å². The van der Waals surface area contributed by atoms with Gasteiger partial charge in [0.05, 0.1) is 24.8 Å². The van der Waals surface area contributed by atoms with Crippen LogP contribution < -0.4 is 4.90 Å². The zero-order valence-corrected chi connectivity index (χ0v) is 10.3. The summed E-state index contributed by atoms with van der Waals surface area (Å²) in [6, 6.07) is 9.93. The van der Waals surface area contributed by atoms with Gasteiger partial charge in [0.2, 0.25) is 0 Å². The molecule has 3 rings (SSSR count). The van der Waals surface area contributed by atoms with Gasteiger partial charge in [-0.1, -0.05) is 6.07 Å². The van der Waals surface area contributed by atoms with Crippen LogP contribution in [-0.2, 0) is 9.47 Å². The first kappa shape index (κ1) is 11.5. The van der Waals surface area contributed by atoms with Crippen LogP contribution in [0.15, 0.2) is 24.3 Å². The summed E-state index contributed by atoms with van der Waals surface area (Å²) in [6.45, 7) is 3.25. The van der Waals surface area contributed by atoms with E-state index in [4.69, 9.17) is 14.7 Å². The van der Waals surface area contributed by atoms with Crippen LogP contribution in [0.4, 0.5) is 5.69 Å². The van der Waals surface area contributed by atoms with Crippen LogP contribution >= 0.6 is 0 Å². The molecular weight excluding hydrogens is 228 g/mol. The molecule has 4 nitrogen and oxygen atoms in total. The van der Waals surface area contributed by atoms with Crippen LogP contribution in [0.2, 0.25) is 0 Å². The molecule has 0 saturated carbocycles. The maximum atomic E-state index is 8.92. The molecule has 0 aliphatic carbocycles. The summed E-state index contributed by atoms with van der Waals surface area (Å²) >= 11 is 0. The van der Waals surface area contributed by atoms with Gasteiger partial charge in [-0.25, -0.2) is 0 Å². The molecule has 18 heavy (non-hydrogen) atoms. The molecule has 0 radical (unpaired) electrons. The van der Waals surface area contributed by atoms with Crippen LogP contribution in [0.25, 0.3) is 0 Å². The summed E-state index contributed by atoms with van der Waals surface area (Å²) in [4.78, 5) is 2.29. The fourth-order valence-corrected chi connectivity index (χ4v) is 2.66. The molecule has 1 aromatic carbocycles. The Bertz CT molecular complexity index is 465. The molecule has 4 heteroatoms. The third kappa shape index (κ3) is 2.07. The summed E-state index contributed by atoms with van der Waals surface area (Å²) in [7, 11) is 0. The Hall–Kier alpha value is -1.57.